The molecule has 2 N–H and O–H groups in total. The molecule has 11 heteroatoms. The summed E-state index contributed by atoms with van der Waals surface area (Å²) in [7, 11) is 0. The Morgan fingerprint density at radius 2 is 1.92 bits per heavy atom. The van der Waals surface area contributed by atoms with Gasteiger partial charge in [0.1, 0.15) is 5.60 Å². The maximum Gasteiger partial charge on any atom is 0.254 e. The molecule has 1 amide bonds. The number of nitrogens with one attached hydrogen (secondary N) is 1. The summed E-state index contributed by atoms with van der Waals surface area (Å²) in [6.45, 7) is 9.63. The molecule has 2 aliphatic heterocycles. The lowest BCUT2D eigenvalue weighted by molar-refractivity contribution is -0.149. The van der Waals surface area contributed by atoms with Gasteiger partial charge in [0.2, 0.25) is 0 Å². The first-order chi connectivity index (χ1) is 17.9. The molecule has 0 bridgehead atoms. The van der Waals surface area contributed by atoms with Crippen LogP contribution in [0.4, 0.5) is 5.82 Å². The van der Waals surface area contributed by atoms with Crippen molar-refractivity contribution >= 4 is 44.2 Å². The Morgan fingerprint density at radius 3 is 2.68 bits per heavy atom. The van der Waals surface area contributed by atoms with Crippen molar-refractivity contribution in [2.24, 2.45) is 0 Å². The van der Waals surface area contributed by atoms with Crippen molar-refractivity contribution in [1.82, 2.24) is 30.0 Å². The van der Waals surface area contributed by atoms with Gasteiger partial charge in [0.05, 0.1) is 35.1 Å². The van der Waals surface area contributed by atoms with Gasteiger partial charge in [-0.15, -0.1) is 11.3 Å². The number of hydrogen-bond donors (Lipinski definition) is 2. The molecule has 4 aromatic rings. The van der Waals surface area contributed by atoms with E-state index in [4.69, 9.17) is 14.7 Å². The first-order valence-corrected chi connectivity index (χ1v) is 13.5. The zero-order chi connectivity index (χ0) is 25.6. The average Bonchev–Trinajstić information content (AvgIpc) is 3.54. The zero-order valence-corrected chi connectivity index (χ0v) is 21.9. The highest BCUT2D eigenvalue weighted by Crippen LogP contribution is 2.36. The van der Waals surface area contributed by atoms with Crippen LogP contribution in [0.2, 0.25) is 0 Å². The molecular weight excluding hydrogens is 490 g/mol. The minimum atomic E-state index is -1.33. The Labute approximate surface area is 218 Å². The maximum absolute atomic E-state index is 12.4. The van der Waals surface area contributed by atoms with Gasteiger partial charge in [-0.3, -0.25) is 14.8 Å². The van der Waals surface area contributed by atoms with Gasteiger partial charge < -0.3 is 19.6 Å². The third-order valence-electron chi connectivity index (χ3n) is 7.00. The van der Waals surface area contributed by atoms with Crippen molar-refractivity contribution < 1.29 is 14.6 Å². The minimum Gasteiger partial charge on any atom is -0.381 e. The molecule has 5 heterocycles. The van der Waals surface area contributed by atoms with Crippen molar-refractivity contribution in [3.8, 4) is 11.4 Å². The maximum atomic E-state index is 12.4. The molecule has 1 aromatic carbocycles. The van der Waals surface area contributed by atoms with Crippen LogP contribution in [0.15, 0.2) is 30.5 Å². The fourth-order valence-corrected chi connectivity index (χ4v) is 6.19. The van der Waals surface area contributed by atoms with Crippen LogP contribution in [0.1, 0.15) is 18.7 Å². The number of aromatic amines is 1. The molecule has 10 nitrogen and oxygen atoms in total. The quantitative estimate of drug-likeness (QED) is 0.412. The number of thiophene rings is 1. The number of aliphatic hydroxyl groups is 1. The summed E-state index contributed by atoms with van der Waals surface area (Å²) in [5.74, 6) is 1.45. The van der Waals surface area contributed by atoms with Crippen molar-refractivity contribution in [1.29, 1.82) is 0 Å². The lowest BCUT2D eigenvalue weighted by atomic mass is 10.1. The summed E-state index contributed by atoms with van der Waals surface area (Å²) in [6.07, 6.45) is 1.83. The van der Waals surface area contributed by atoms with E-state index < -0.39 is 5.60 Å². The van der Waals surface area contributed by atoms with Gasteiger partial charge in [-0.05, 0) is 26.0 Å². The number of fused-ring (bicyclic) bond motifs is 2. The Bertz CT molecular complexity index is 1430. The summed E-state index contributed by atoms with van der Waals surface area (Å²) in [6, 6.07) is 8.23. The van der Waals surface area contributed by atoms with Crippen LogP contribution in [0.3, 0.4) is 0 Å². The van der Waals surface area contributed by atoms with Crippen LogP contribution in [0.5, 0.6) is 0 Å². The molecular formula is C26H31N7O3S. The van der Waals surface area contributed by atoms with E-state index in [1.54, 1.807) is 30.1 Å². The van der Waals surface area contributed by atoms with Gasteiger partial charge in [0, 0.05) is 61.6 Å². The Balaban J connectivity index is 1.30. The van der Waals surface area contributed by atoms with Gasteiger partial charge in [0.15, 0.2) is 11.6 Å². The minimum absolute atomic E-state index is 0.209. The Hall–Kier alpha value is -3.12. The number of piperazine rings is 1. The topological polar surface area (TPSA) is 111 Å². The fraction of sp³-hybridized carbons (Fsp3) is 0.462. The zero-order valence-electron chi connectivity index (χ0n) is 21.1. The molecule has 0 radical (unpaired) electrons. The summed E-state index contributed by atoms with van der Waals surface area (Å²) in [5, 5.41) is 18.3. The number of benzene rings is 1. The van der Waals surface area contributed by atoms with E-state index in [9.17, 15) is 9.90 Å². The van der Waals surface area contributed by atoms with E-state index in [-0.39, 0.29) is 5.91 Å². The second-order valence-electron chi connectivity index (χ2n) is 10.2. The van der Waals surface area contributed by atoms with Gasteiger partial charge in [-0.25, -0.2) is 9.97 Å². The number of aromatic nitrogens is 4. The summed E-state index contributed by atoms with van der Waals surface area (Å²) < 4.78 is 6.70. The van der Waals surface area contributed by atoms with Gasteiger partial charge in [0.25, 0.3) is 5.91 Å². The average molecular weight is 522 g/mol. The number of anilines is 1. The fourth-order valence-electron chi connectivity index (χ4n) is 5.03. The molecule has 0 saturated carbocycles. The first kappa shape index (κ1) is 24.2. The molecule has 0 spiro atoms. The van der Waals surface area contributed by atoms with E-state index in [0.29, 0.717) is 32.1 Å². The standard InChI is InChI=1S/C26H31N7O3S/c1-26(2,35)25(34)33-8-6-31(7-9-33)16-17-14-21-22(37-17)24(32-10-12-36-13-11-32)29-23(28-21)18-4-3-5-20-19(18)15-27-30-20/h3-5,14-15,35H,6-13,16H2,1-2H3,(H,27,30). The highest BCUT2D eigenvalue weighted by Gasteiger charge is 2.31. The number of carbonyl (C=O) groups is 1. The number of ether oxygens (including phenoxy) is 1. The molecule has 37 heavy (non-hydrogen) atoms. The SMILES string of the molecule is CC(C)(O)C(=O)N1CCN(Cc2cc3nc(-c4cccc5[nH]ncc45)nc(N4CCOCC4)c3s2)CC1. The molecule has 194 valence electrons. The summed E-state index contributed by atoms with van der Waals surface area (Å²) in [4.78, 5) is 30.2. The highest BCUT2D eigenvalue weighted by molar-refractivity contribution is 7.19. The van der Waals surface area contributed by atoms with Crippen molar-refractivity contribution in [2.45, 2.75) is 26.0 Å². The molecule has 0 atom stereocenters. The highest BCUT2D eigenvalue weighted by atomic mass is 32.1. The van der Waals surface area contributed by atoms with Gasteiger partial charge in [-0.2, -0.15) is 5.10 Å². The normalized spacial score (nSPS) is 17.7. The van der Waals surface area contributed by atoms with Gasteiger partial charge >= 0.3 is 0 Å². The number of morpholine rings is 1. The predicted octanol–water partition coefficient (Wildman–Crippen LogP) is 2.49. The number of H-pyrrole nitrogens is 1. The van der Waals surface area contributed by atoms with Crippen molar-refractivity contribution in [2.75, 3.05) is 57.4 Å². The smallest absolute Gasteiger partial charge is 0.254 e. The van der Waals surface area contributed by atoms with Crippen LogP contribution in [-0.2, 0) is 16.1 Å². The van der Waals surface area contributed by atoms with Crippen molar-refractivity contribution in [3.63, 3.8) is 0 Å². The second kappa shape index (κ2) is 9.64. The van der Waals surface area contributed by atoms with E-state index in [1.807, 2.05) is 24.4 Å². The second-order valence-corrected chi connectivity index (χ2v) is 11.3. The first-order valence-electron chi connectivity index (χ1n) is 12.7. The third kappa shape index (κ3) is 4.79. The molecule has 0 unspecified atom stereocenters. The van der Waals surface area contributed by atoms with E-state index in [1.165, 1.54) is 4.88 Å². The Morgan fingerprint density at radius 1 is 1.14 bits per heavy atom. The Kier molecular flexibility index (Phi) is 6.31. The van der Waals surface area contributed by atoms with E-state index in [0.717, 1.165) is 65.2 Å². The molecule has 2 fully saturated rings. The molecule has 3 aromatic heterocycles. The summed E-state index contributed by atoms with van der Waals surface area (Å²) in [5.41, 5.74) is 1.54. The lowest BCUT2D eigenvalue weighted by Crippen LogP contribution is -2.53. The van der Waals surface area contributed by atoms with E-state index in [2.05, 4.69) is 26.1 Å². The number of nitrogens with zero attached hydrogens (tertiary/aromatic N) is 6. The van der Waals surface area contributed by atoms with Crippen LogP contribution >= 0.6 is 11.3 Å². The number of amides is 1. The number of carbonyl (C=O) groups excluding carboxylic acids is 1. The van der Waals surface area contributed by atoms with Crippen LogP contribution < -0.4 is 4.90 Å². The molecule has 6 rings (SSSR count). The number of hydrogen-bond acceptors (Lipinski definition) is 9. The predicted molar refractivity (Wildman–Crippen MR) is 144 cm³/mol. The van der Waals surface area contributed by atoms with E-state index >= 15 is 0 Å². The molecule has 2 saturated heterocycles. The molecule has 2 aliphatic rings. The summed E-state index contributed by atoms with van der Waals surface area (Å²) >= 11 is 1.74. The van der Waals surface area contributed by atoms with Crippen LogP contribution in [-0.4, -0.2) is 99.1 Å². The van der Waals surface area contributed by atoms with Crippen molar-refractivity contribution in [3.05, 3.63) is 35.3 Å². The van der Waals surface area contributed by atoms with Gasteiger partial charge in [-0.1, -0.05) is 12.1 Å². The largest absolute Gasteiger partial charge is 0.381 e. The third-order valence-corrected chi connectivity index (χ3v) is 8.11. The number of rotatable bonds is 5. The lowest BCUT2D eigenvalue weighted by Gasteiger charge is -2.36. The molecule has 0 aliphatic carbocycles. The van der Waals surface area contributed by atoms with Crippen LogP contribution in [0.25, 0.3) is 32.5 Å². The van der Waals surface area contributed by atoms with Crippen LogP contribution in [0, 0.1) is 0 Å². The monoisotopic (exact) mass is 521 g/mol.